The van der Waals surface area contributed by atoms with E-state index in [1.165, 1.54) is 4.90 Å². The molecule has 3 aliphatic heterocycles. The van der Waals surface area contributed by atoms with Crippen LogP contribution in [0.25, 0.3) is 10.9 Å². The second-order valence-corrected chi connectivity index (χ2v) is 8.33. The van der Waals surface area contributed by atoms with E-state index in [-0.39, 0.29) is 25.2 Å². The molecule has 6 rings (SSSR count). The van der Waals surface area contributed by atoms with Gasteiger partial charge in [0, 0.05) is 36.6 Å². The monoisotopic (exact) mass is 418 g/mol. The van der Waals surface area contributed by atoms with Crippen molar-refractivity contribution < 1.29 is 19.1 Å². The van der Waals surface area contributed by atoms with E-state index in [2.05, 4.69) is 11.1 Å². The molecule has 8 heteroatoms. The molecular weight excluding hydrogens is 396 g/mol. The second kappa shape index (κ2) is 6.49. The Morgan fingerprint density at radius 1 is 1.13 bits per heavy atom. The summed E-state index contributed by atoms with van der Waals surface area (Å²) < 4.78 is 11.0. The minimum atomic E-state index is -0.539. The maximum absolute atomic E-state index is 13.2. The predicted octanol–water partition coefficient (Wildman–Crippen LogP) is 1.67. The van der Waals surface area contributed by atoms with Gasteiger partial charge in [0.15, 0.2) is 11.5 Å². The lowest BCUT2D eigenvalue weighted by atomic mass is 9.86. The Morgan fingerprint density at radius 3 is 2.81 bits per heavy atom. The van der Waals surface area contributed by atoms with Crippen LogP contribution < -0.4 is 15.2 Å². The van der Waals surface area contributed by atoms with Crippen LogP contribution >= 0.6 is 0 Å². The molecule has 1 saturated heterocycles. The van der Waals surface area contributed by atoms with Gasteiger partial charge in [-0.25, -0.2) is 0 Å². The van der Waals surface area contributed by atoms with E-state index >= 15 is 0 Å². The fourth-order valence-electron chi connectivity index (χ4n) is 5.07. The molecule has 2 amide bonds. The molecule has 0 spiro atoms. The number of hydrogen-bond acceptors (Lipinski definition) is 5. The second-order valence-electron chi connectivity index (χ2n) is 8.33. The van der Waals surface area contributed by atoms with Crippen molar-refractivity contribution in [1.29, 1.82) is 0 Å². The zero-order valence-electron chi connectivity index (χ0n) is 17.1. The van der Waals surface area contributed by atoms with Crippen LogP contribution in [0.2, 0.25) is 0 Å². The van der Waals surface area contributed by atoms with Crippen molar-refractivity contribution in [3.8, 4) is 11.5 Å². The summed E-state index contributed by atoms with van der Waals surface area (Å²) in [5, 5.41) is 1.06. The number of rotatable bonds is 2. The molecule has 31 heavy (non-hydrogen) atoms. The topological polar surface area (TPSA) is 101 Å². The molecule has 2 atom stereocenters. The first-order chi connectivity index (χ1) is 15.0. The van der Waals surface area contributed by atoms with Crippen LogP contribution in [-0.2, 0) is 22.6 Å². The number of piperazine rings is 1. The molecule has 3 N–H and O–H groups in total. The van der Waals surface area contributed by atoms with Crippen LogP contribution in [0, 0.1) is 0 Å². The molecule has 0 bridgehead atoms. The van der Waals surface area contributed by atoms with Crippen molar-refractivity contribution in [1.82, 2.24) is 14.8 Å². The Labute approximate surface area is 178 Å². The Hall–Kier alpha value is -3.52. The summed E-state index contributed by atoms with van der Waals surface area (Å²) in [6.07, 6.45) is 0.479. The molecule has 0 aliphatic carbocycles. The highest BCUT2D eigenvalue weighted by molar-refractivity contribution is 5.97. The van der Waals surface area contributed by atoms with Crippen molar-refractivity contribution in [2.45, 2.75) is 25.0 Å². The van der Waals surface area contributed by atoms with Crippen LogP contribution in [0.4, 0.5) is 0 Å². The molecule has 0 radical (unpaired) electrons. The molecule has 3 aromatic rings. The molecule has 8 nitrogen and oxygen atoms in total. The fourth-order valence-corrected chi connectivity index (χ4v) is 5.07. The normalized spacial score (nSPS) is 22.1. The number of likely N-dealkylation sites (N-methyl/N-ethyl adjacent to an activating group) is 1. The van der Waals surface area contributed by atoms with E-state index in [0.717, 1.165) is 33.3 Å². The summed E-state index contributed by atoms with van der Waals surface area (Å²) in [5.74, 6) is 1.22. The highest BCUT2D eigenvalue weighted by Crippen LogP contribution is 2.44. The third-order valence-electron chi connectivity index (χ3n) is 6.56. The van der Waals surface area contributed by atoms with E-state index in [1.54, 1.807) is 11.9 Å². The Kier molecular flexibility index (Phi) is 3.82. The minimum absolute atomic E-state index is 0.0380. The van der Waals surface area contributed by atoms with Gasteiger partial charge in [-0.2, -0.15) is 0 Å². The lowest BCUT2D eigenvalue weighted by molar-refractivity contribution is -0.157. The van der Waals surface area contributed by atoms with Crippen LogP contribution in [0.1, 0.15) is 28.4 Å². The maximum atomic E-state index is 13.2. The van der Waals surface area contributed by atoms with Crippen molar-refractivity contribution in [2.75, 3.05) is 20.4 Å². The zero-order chi connectivity index (χ0) is 21.3. The number of fused-ring (bicyclic) bond motifs is 5. The highest BCUT2D eigenvalue weighted by Gasteiger charge is 2.47. The number of hydrogen-bond donors (Lipinski definition) is 2. The Balaban J connectivity index is 1.58. The third kappa shape index (κ3) is 2.58. The number of amides is 2. The van der Waals surface area contributed by atoms with Gasteiger partial charge < -0.3 is 30.0 Å². The van der Waals surface area contributed by atoms with Gasteiger partial charge in [0.05, 0.1) is 12.6 Å². The number of aromatic nitrogens is 1. The van der Waals surface area contributed by atoms with Gasteiger partial charge in [-0.05, 0) is 34.9 Å². The largest absolute Gasteiger partial charge is 0.454 e. The number of nitrogens with zero attached hydrogens (tertiary/aromatic N) is 2. The van der Waals surface area contributed by atoms with Gasteiger partial charge in [0.2, 0.25) is 18.6 Å². The van der Waals surface area contributed by atoms with Gasteiger partial charge in [-0.3, -0.25) is 9.59 Å². The fraction of sp³-hybridized carbons (Fsp3) is 0.304. The zero-order valence-corrected chi connectivity index (χ0v) is 17.1. The lowest BCUT2D eigenvalue weighted by Gasteiger charge is -2.46. The number of nitrogens with one attached hydrogen (secondary N) is 1. The number of carbonyl (C=O) groups is 2. The third-order valence-corrected chi connectivity index (χ3v) is 6.56. The Bertz CT molecular complexity index is 1250. The molecule has 0 saturated carbocycles. The minimum Gasteiger partial charge on any atom is -0.454 e. The van der Waals surface area contributed by atoms with Crippen LogP contribution in [-0.4, -0.2) is 53.0 Å². The average Bonchev–Trinajstić information content (AvgIpc) is 3.39. The maximum Gasteiger partial charge on any atom is 0.245 e. The highest BCUT2D eigenvalue weighted by atomic mass is 16.7. The molecule has 1 unspecified atom stereocenters. The van der Waals surface area contributed by atoms with Gasteiger partial charge >= 0.3 is 0 Å². The van der Waals surface area contributed by atoms with Crippen molar-refractivity contribution in [2.24, 2.45) is 5.73 Å². The molecule has 3 aliphatic rings. The average molecular weight is 418 g/mol. The standard InChI is InChI=1S/C23H22N4O4/c1-26-10-20(28)27-17(23(26)29)8-15-14-4-2-12(9-24)6-16(14)25-21(15)22(27)13-3-5-18-19(7-13)31-11-30-18/h2-7,17,22,25H,8-11,24H2,1H3/t17?,22-/m1/s1. The number of nitrogens with two attached hydrogens (primary N) is 1. The summed E-state index contributed by atoms with van der Waals surface area (Å²) >= 11 is 0. The van der Waals surface area contributed by atoms with E-state index in [0.29, 0.717) is 24.5 Å². The summed E-state index contributed by atoms with van der Waals surface area (Å²) in [7, 11) is 1.69. The smallest absolute Gasteiger partial charge is 0.245 e. The van der Waals surface area contributed by atoms with Gasteiger partial charge in [0.25, 0.3) is 0 Å². The first kappa shape index (κ1) is 18.3. The summed E-state index contributed by atoms with van der Waals surface area (Å²) in [6.45, 7) is 0.697. The molecule has 2 aromatic carbocycles. The van der Waals surface area contributed by atoms with Crippen molar-refractivity contribution >= 4 is 22.7 Å². The van der Waals surface area contributed by atoms with E-state index in [1.807, 2.05) is 30.3 Å². The summed E-state index contributed by atoms with van der Waals surface area (Å²) in [4.78, 5) is 33.1. The van der Waals surface area contributed by atoms with Gasteiger partial charge in [0.1, 0.15) is 6.04 Å². The Morgan fingerprint density at radius 2 is 1.97 bits per heavy atom. The predicted molar refractivity (Wildman–Crippen MR) is 113 cm³/mol. The van der Waals surface area contributed by atoms with Crippen LogP contribution in [0.5, 0.6) is 11.5 Å². The van der Waals surface area contributed by atoms with E-state index < -0.39 is 12.1 Å². The first-order valence-electron chi connectivity index (χ1n) is 10.3. The molecule has 158 valence electrons. The molecule has 4 heterocycles. The summed E-state index contributed by atoms with van der Waals surface area (Å²) in [6, 6.07) is 10.9. The van der Waals surface area contributed by atoms with E-state index in [4.69, 9.17) is 15.2 Å². The number of H-pyrrole nitrogens is 1. The first-order valence-corrected chi connectivity index (χ1v) is 10.3. The summed E-state index contributed by atoms with van der Waals surface area (Å²) in [5.41, 5.74) is 10.7. The number of carbonyl (C=O) groups excluding carboxylic acids is 2. The molecular formula is C23H22N4O4. The number of aromatic amines is 1. The quantitative estimate of drug-likeness (QED) is 0.659. The van der Waals surface area contributed by atoms with Crippen LogP contribution in [0.3, 0.4) is 0 Å². The number of ether oxygens (including phenoxy) is 2. The lowest BCUT2D eigenvalue weighted by Crippen LogP contribution is -2.62. The SMILES string of the molecule is CN1CC(=O)N2C(Cc3c([nH]c4cc(CN)ccc34)[C@H]2c2ccc3c(c2)OCO3)C1=O. The van der Waals surface area contributed by atoms with Crippen LogP contribution in [0.15, 0.2) is 36.4 Å². The molecule has 1 fully saturated rings. The number of benzene rings is 2. The van der Waals surface area contributed by atoms with Crippen molar-refractivity contribution in [3.63, 3.8) is 0 Å². The molecule has 1 aromatic heterocycles. The van der Waals surface area contributed by atoms with Gasteiger partial charge in [-0.15, -0.1) is 0 Å². The van der Waals surface area contributed by atoms with Gasteiger partial charge in [-0.1, -0.05) is 18.2 Å². The van der Waals surface area contributed by atoms with E-state index in [9.17, 15) is 9.59 Å². The van der Waals surface area contributed by atoms with Crippen molar-refractivity contribution in [3.05, 3.63) is 58.8 Å².